The third-order valence-electron chi connectivity index (χ3n) is 7.13. The summed E-state index contributed by atoms with van der Waals surface area (Å²) in [5.41, 5.74) is -0.805. The number of halogens is 6. The van der Waals surface area contributed by atoms with Gasteiger partial charge in [-0.15, -0.1) is 0 Å². The second-order valence-corrected chi connectivity index (χ2v) is 10.1. The summed E-state index contributed by atoms with van der Waals surface area (Å²) >= 11 is 0. The van der Waals surface area contributed by atoms with Crippen molar-refractivity contribution in [1.82, 2.24) is 19.9 Å². The Hall–Kier alpha value is -3.73. The lowest BCUT2D eigenvalue weighted by atomic mass is 9.99. The molecule has 2 aromatic carbocycles. The molecule has 11 heteroatoms. The van der Waals surface area contributed by atoms with Crippen LogP contribution in [0.1, 0.15) is 36.7 Å². The van der Waals surface area contributed by atoms with E-state index in [2.05, 4.69) is 32.1 Å². The Morgan fingerprint density at radius 1 is 0.900 bits per heavy atom. The van der Waals surface area contributed by atoms with Crippen molar-refractivity contribution in [1.29, 1.82) is 0 Å². The van der Waals surface area contributed by atoms with Crippen LogP contribution in [-0.2, 0) is 18.8 Å². The second kappa shape index (κ2) is 11.0. The summed E-state index contributed by atoms with van der Waals surface area (Å²) in [4.78, 5) is 15.6. The lowest BCUT2D eigenvalue weighted by molar-refractivity contribution is -0.138. The molecule has 1 saturated heterocycles. The van der Waals surface area contributed by atoms with Gasteiger partial charge in [-0.05, 0) is 80.4 Å². The van der Waals surface area contributed by atoms with Crippen molar-refractivity contribution in [2.45, 2.75) is 38.5 Å². The van der Waals surface area contributed by atoms with Crippen LogP contribution in [0, 0.1) is 5.92 Å². The number of likely N-dealkylation sites (tertiary alicyclic amines) is 1. The molecule has 0 spiro atoms. The van der Waals surface area contributed by atoms with Crippen LogP contribution in [0.4, 0.5) is 37.8 Å². The maximum absolute atomic E-state index is 13.7. The van der Waals surface area contributed by atoms with Crippen molar-refractivity contribution in [3.05, 3.63) is 77.7 Å². The van der Waals surface area contributed by atoms with Gasteiger partial charge in [0.25, 0.3) is 0 Å². The first kappa shape index (κ1) is 27.8. The Morgan fingerprint density at radius 2 is 1.62 bits per heavy atom. The normalized spacial score (nSPS) is 15.5. The summed E-state index contributed by atoms with van der Waals surface area (Å²) in [6, 6.07) is 11.4. The van der Waals surface area contributed by atoms with Crippen LogP contribution < -0.4 is 5.32 Å². The zero-order chi connectivity index (χ0) is 28.5. The minimum Gasteiger partial charge on any atom is -0.340 e. The highest BCUT2D eigenvalue weighted by Gasteiger charge is 2.34. The molecule has 0 saturated carbocycles. The molecule has 5 rings (SSSR count). The number of nitrogens with one attached hydrogen (secondary N) is 1. The molecule has 0 radical (unpaired) electrons. The number of aromatic nitrogens is 3. The first-order valence-corrected chi connectivity index (χ1v) is 13.0. The molecule has 4 aromatic rings. The van der Waals surface area contributed by atoms with Crippen LogP contribution in [0.5, 0.6) is 0 Å². The molecule has 0 amide bonds. The molecule has 3 heterocycles. The van der Waals surface area contributed by atoms with Gasteiger partial charge in [-0.1, -0.05) is 13.0 Å². The van der Waals surface area contributed by atoms with Crippen LogP contribution in [0.15, 0.2) is 60.8 Å². The molecule has 0 unspecified atom stereocenters. The van der Waals surface area contributed by atoms with Gasteiger partial charge < -0.3 is 10.2 Å². The summed E-state index contributed by atoms with van der Waals surface area (Å²) < 4.78 is 80.1. The molecule has 210 valence electrons. The highest BCUT2D eigenvalue weighted by molar-refractivity contribution is 5.93. The summed E-state index contributed by atoms with van der Waals surface area (Å²) in [5, 5.41) is 3.59. The summed E-state index contributed by atoms with van der Waals surface area (Å²) in [7, 11) is 0. The summed E-state index contributed by atoms with van der Waals surface area (Å²) in [6.45, 7) is 4.88. The van der Waals surface area contributed by atoms with Gasteiger partial charge in [-0.25, -0.2) is 9.97 Å². The highest BCUT2D eigenvalue weighted by atomic mass is 19.4. The average molecular weight is 560 g/mol. The van der Waals surface area contributed by atoms with E-state index in [0.717, 1.165) is 50.7 Å². The van der Waals surface area contributed by atoms with Crippen LogP contribution in [0.25, 0.3) is 22.2 Å². The molecule has 1 fully saturated rings. The number of pyridine rings is 1. The summed E-state index contributed by atoms with van der Waals surface area (Å²) in [5.74, 6) is 1.52. The first-order chi connectivity index (χ1) is 19.0. The maximum Gasteiger partial charge on any atom is 0.418 e. The molecule has 1 N–H and O–H groups in total. The Morgan fingerprint density at radius 3 is 2.30 bits per heavy atom. The minimum atomic E-state index is -4.59. The van der Waals surface area contributed by atoms with E-state index in [0.29, 0.717) is 40.6 Å². The van der Waals surface area contributed by atoms with E-state index < -0.39 is 23.5 Å². The average Bonchev–Trinajstić information content (AvgIpc) is 2.92. The zero-order valence-electron chi connectivity index (χ0n) is 21.7. The fourth-order valence-electron chi connectivity index (χ4n) is 4.82. The van der Waals surface area contributed by atoms with Gasteiger partial charge in [0, 0.05) is 35.8 Å². The number of hydrogen-bond donors (Lipinski definition) is 1. The molecule has 40 heavy (non-hydrogen) atoms. The van der Waals surface area contributed by atoms with E-state index in [1.54, 1.807) is 12.1 Å². The molecular weight excluding hydrogens is 532 g/mol. The van der Waals surface area contributed by atoms with Crippen molar-refractivity contribution < 1.29 is 26.3 Å². The lowest BCUT2D eigenvalue weighted by Crippen LogP contribution is -2.34. The first-order valence-electron chi connectivity index (χ1n) is 13.0. The minimum absolute atomic E-state index is 0.211. The molecular formula is C29H27F6N5. The largest absolute Gasteiger partial charge is 0.418 e. The number of piperidine rings is 1. The van der Waals surface area contributed by atoms with Gasteiger partial charge in [0.05, 0.1) is 22.3 Å². The number of rotatable bonds is 6. The quantitative estimate of drug-likeness (QED) is 0.245. The highest BCUT2D eigenvalue weighted by Crippen LogP contribution is 2.37. The predicted molar refractivity (Wildman–Crippen MR) is 141 cm³/mol. The number of anilines is 2. The van der Waals surface area contributed by atoms with Crippen molar-refractivity contribution in [3.63, 3.8) is 0 Å². The van der Waals surface area contributed by atoms with Crippen LogP contribution in [0.2, 0.25) is 0 Å². The number of alkyl halides is 6. The van der Waals surface area contributed by atoms with Gasteiger partial charge >= 0.3 is 12.4 Å². The van der Waals surface area contributed by atoms with Gasteiger partial charge in [0.2, 0.25) is 0 Å². The zero-order valence-corrected chi connectivity index (χ0v) is 21.7. The predicted octanol–water partition coefficient (Wildman–Crippen LogP) is 7.75. The van der Waals surface area contributed by atoms with Gasteiger partial charge in [-0.3, -0.25) is 4.98 Å². The van der Waals surface area contributed by atoms with Crippen LogP contribution in [0.3, 0.4) is 0 Å². The van der Waals surface area contributed by atoms with Crippen molar-refractivity contribution in [2.75, 3.05) is 25.0 Å². The van der Waals surface area contributed by atoms with Gasteiger partial charge in [0.15, 0.2) is 0 Å². The Bertz CT molecular complexity index is 1480. The van der Waals surface area contributed by atoms with E-state index in [9.17, 15) is 26.3 Å². The van der Waals surface area contributed by atoms with E-state index in [4.69, 9.17) is 0 Å². The monoisotopic (exact) mass is 559 g/mol. The molecule has 5 nitrogen and oxygen atoms in total. The van der Waals surface area contributed by atoms with Gasteiger partial charge in [-0.2, -0.15) is 26.3 Å². The van der Waals surface area contributed by atoms with Crippen LogP contribution >= 0.6 is 0 Å². The molecule has 1 aliphatic heterocycles. The van der Waals surface area contributed by atoms with Gasteiger partial charge in [0.1, 0.15) is 11.6 Å². The Balaban J connectivity index is 1.52. The lowest BCUT2D eigenvalue weighted by Gasteiger charge is -2.29. The second-order valence-electron chi connectivity index (χ2n) is 10.1. The fraction of sp³-hybridized carbons (Fsp3) is 0.345. The number of nitrogens with zero attached hydrogens (tertiary/aromatic N) is 4. The molecule has 0 atom stereocenters. The maximum atomic E-state index is 13.7. The topological polar surface area (TPSA) is 53.9 Å². The third-order valence-corrected chi connectivity index (χ3v) is 7.13. The molecule has 0 aliphatic carbocycles. The number of hydrogen-bond acceptors (Lipinski definition) is 5. The molecule has 2 aromatic heterocycles. The van der Waals surface area contributed by atoms with E-state index in [-0.39, 0.29) is 11.3 Å². The number of benzene rings is 2. The standard InChI is InChI=1S/C29H27F6N5/c1-18-10-14-40(15-11-18)16-12-25-38-24-17-19(26-23(29(33,34)35)3-2-13-36-26)4-9-22(24)27(39-25)37-21-7-5-20(6-8-21)28(30,31)32/h2-9,13,17-18H,10-12,14-16H2,1H3,(H,37,38,39). The SMILES string of the molecule is CC1CCN(CCc2nc(Nc3ccc(C(F)(F)F)cc3)c3ccc(-c4ncccc4C(F)(F)F)cc3n2)CC1. The van der Waals surface area contributed by atoms with Crippen molar-refractivity contribution in [2.24, 2.45) is 5.92 Å². The fourth-order valence-corrected chi connectivity index (χ4v) is 4.82. The van der Waals surface area contributed by atoms with Crippen molar-refractivity contribution >= 4 is 22.4 Å². The van der Waals surface area contributed by atoms with E-state index >= 15 is 0 Å². The van der Waals surface area contributed by atoms with Crippen LogP contribution in [-0.4, -0.2) is 39.5 Å². The van der Waals surface area contributed by atoms with E-state index in [1.807, 2.05) is 0 Å². The number of fused-ring (bicyclic) bond motifs is 1. The smallest absolute Gasteiger partial charge is 0.340 e. The third kappa shape index (κ3) is 6.35. The Labute approximate surface area is 227 Å². The van der Waals surface area contributed by atoms with Crippen molar-refractivity contribution in [3.8, 4) is 11.3 Å². The summed E-state index contributed by atoms with van der Waals surface area (Å²) in [6.07, 6.45) is -5.03. The Kier molecular flexibility index (Phi) is 7.67. The van der Waals surface area contributed by atoms with E-state index in [1.165, 1.54) is 30.5 Å². The molecule has 0 bridgehead atoms. The molecule has 1 aliphatic rings.